The maximum Gasteiger partial charge on any atom is 0.276 e. The van der Waals surface area contributed by atoms with Crippen molar-refractivity contribution in [3.05, 3.63) is 71.8 Å². The number of halogens is 1. The van der Waals surface area contributed by atoms with Gasteiger partial charge in [0.1, 0.15) is 5.82 Å². The van der Waals surface area contributed by atoms with Crippen LogP contribution in [0.4, 0.5) is 22.9 Å². The lowest BCUT2D eigenvalue weighted by atomic mass is 9.92. The molecule has 10 heteroatoms. The van der Waals surface area contributed by atoms with Crippen LogP contribution < -0.4 is 21.7 Å². The summed E-state index contributed by atoms with van der Waals surface area (Å²) in [5.74, 6) is 0.278. The van der Waals surface area contributed by atoms with E-state index in [1.54, 1.807) is 16.8 Å². The maximum atomic E-state index is 13.1. The first-order chi connectivity index (χ1) is 16.6. The zero-order valence-electron chi connectivity index (χ0n) is 18.4. The number of nitrogens with two attached hydrogens (primary N) is 1. The smallest absolute Gasteiger partial charge is 0.276 e. The summed E-state index contributed by atoms with van der Waals surface area (Å²) < 4.78 is 1.55. The number of aromatic nitrogens is 4. The molecular formula is C24H25ClN8O. The Morgan fingerprint density at radius 2 is 1.85 bits per heavy atom. The van der Waals surface area contributed by atoms with Gasteiger partial charge >= 0.3 is 0 Å². The van der Waals surface area contributed by atoms with Crippen molar-refractivity contribution in [1.82, 2.24) is 19.6 Å². The summed E-state index contributed by atoms with van der Waals surface area (Å²) in [5, 5.41) is 14.8. The van der Waals surface area contributed by atoms with E-state index in [1.807, 2.05) is 36.4 Å². The average molecular weight is 477 g/mol. The van der Waals surface area contributed by atoms with Gasteiger partial charge in [-0.25, -0.2) is 9.50 Å². The number of nitrogens with one attached hydrogen (secondary N) is 3. The highest BCUT2D eigenvalue weighted by Crippen LogP contribution is 2.27. The van der Waals surface area contributed by atoms with Crippen molar-refractivity contribution in [1.29, 1.82) is 0 Å². The second kappa shape index (κ2) is 9.66. The minimum atomic E-state index is -0.375. The van der Waals surface area contributed by atoms with Crippen LogP contribution in [-0.2, 0) is 0 Å². The number of carbonyl (C=O) groups excluding carboxylic acids is 1. The maximum absolute atomic E-state index is 13.1. The number of anilines is 4. The van der Waals surface area contributed by atoms with E-state index >= 15 is 0 Å². The summed E-state index contributed by atoms with van der Waals surface area (Å²) in [4.78, 5) is 21.5. The first kappa shape index (κ1) is 22.1. The number of amides is 1. The van der Waals surface area contributed by atoms with Crippen molar-refractivity contribution in [3.8, 4) is 0 Å². The highest BCUT2D eigenvalue weighted by Gasteiger charge is 2.21. The van der Waals surface area contributed by atoms with Gasteiger partial charge < -0.3 is 21.7 Å². The van der Waals surface area contributed by atoms with Crippen LogP contribution in [0.3, 0.4) is 0 Å². The van der Waals surface area contributed by atoms with Crippen molar-refractivity contribution < 1.29 is 4.79 Å². The summed E-state index contributed by atoms with van der Waals surface area (Å²) in [6.07, 6.45) is 8.44. The number of rotatable bonds is 6. The van der Waals surface area contributed by atoms with E-state index < -0.39 is 0 Å². The normalized spacial score (nSPS) is 17.9. The van der Waals surface area contributed by atoms with Crippen LogP contribution in [-0.4, -0.2) is 37.6 Å². The SMILES string of the molecule is N[C@H]1CC[C@H](Nc2cc(Nc3ccccc3)c3ncc(C(=O)Nc4ccncc4Cl)n3n2)CC1. The number of nitrogens with zero attached hydrogens (tertiary/aromatic N) is 4. The van der Waals surface area contributed by atoms with E-state index in [0.29, 0.717) is 22.2 Å². The lowest BCUT2D eigenvalue weighted by molar-refractivity contribution is 0.102. The number of fused-ring (bicyclic) bond motifs is 1. The fraction of sp³-hybridized carbons (Fsp3) is 0.250. The Morgan fingerprint density at radius 3 is 2.62 bits per heavy atom. The summed E-state index contributed by atoms with van der Waals surface area (Å²) >= 11 is 6.16. The van der Waals surface area contributed by atoms with Gasteiger partial charge in [-0.1, -0.05) is 29.8 Å². The third-order valence-electron chi connectivity index (χ3n) is 5.90. The second-order valence-corrected chi connectivity index (χ2v) is 8.79. The predicted octanol–water partition coefficient (Wildman–Crippen LogP) is 4.46. The number of imidazole rings is 1. The quantitative estimate of drug-likeness (QED) is 0.324. The monoisotopic (exact) mass is 476 g/mol. The predicted molar refractivity (Wildman–Crippen MR) is 134 cm³/mol. The van der Waals surface area contributed by atoms with Crippen molar-refractivity contribution in [2.45, 2.75) is 37.8 Å². The zero-order chi connectivity index (χ0) is 23.5. The molecule has 1 aromatic carbocycles. The van der Waals surface area contributed by atoms with Gasteiger partial charge in [0.2, 0.25) is 0 Å². The van der Waals surface area contributed by atoms with E-state index in [9.17, 15) is 4.79 Å². The topological polar surface area (TPSA) is 122 Å². The van der Waals surface area contributed by atoms with E-state index in [0.717, 1.165) is 37.1 Å². The first-order valence-corrected chi connectivity index (χ1v) is 11.6. The number of hydrogen-bond acceptors (Lipinski definition) is 7. The molecule has 9 nitrogen and oxygen atoms in total. The van der Waals surface area contributed by atoms with Crippen molar-refractivity contribution >= 4 is 46.0 Å². The summed E-state index contributed by atoms with van der Waals surface area (Å²) in [7, 11) is 0. The van der Waals surface area contributed by atoms with Gasteiger partial charge in [-0.3, -0.25) is 9.78 Å². The Kier molecular flexibility index (Phi) is 6.29. The molecule has 1 saturated carbocycles. The summed E-state index contributed by atoms with van der Waals surface area (Å²) in [5.41, 5.74) is 8.99. The minimum absolute atomic E-state index is 0.257. The van der Waals surface area contributed by atoms with Crippen molar-refractivity contribution in [2.75, 3.05) is 16.0 Å². The third-order valence-corrected chi connectivity index (χ3v) is 6.20. The molecule has 0 aliphatic heterocycles. The molecule has 0 atom stereocenters. The minimum Gasteiger partial charge on any atom is -0.366 e. The van der Waals surface area contributed by atoms with Gasteiger partial charge in [0.15, 0.2) is 11.3 Å². The number of benzene rings is 1. The van der Waals surface area contributed by atoms with E-state index in [2.05, 4.69) is 25.9 Å². The Morgan fingerprint density at radius 1 is 1.06 bits per heavy atom. The molecule has 3 heterocycles. The Balaban J connectivity index is 1.50. The van der Waals surface area contributed by atoms with Crippen LogP contribution in [0, 0.1) is 0 Å². The second-order valence-electron chi connectivity index (χ2n) is 8.38. The van der Waals surface area contributed by atoms with Crippen LogP contribution in [0.2, 0.25) is 5.02 Å². The van der Waals surface area contributed by atoms with E-state index in [1.165, 1.54) is 12.4 Å². The fourth-order valence-electron chi connectivity index (χ4n) is 4.10. The molecule has 1 fully saturated rings. The third kappa shape index (κ3) is 4.80. The van der Waals surface area contributed by atoms with Gasteiger partial charge in [-0.15, -0.1) is 5.10 Å². The van der Waals surface area contributed by atoms with Crippen LogP contribution in [0.1, 0.15) is 36.2 Å². The molecule has 174 valence electrons. The highest BCUT2D eigenvalue weighted by molar-refractivity contribution is 6.33. The molecule has 5 rings (SSSR count). The first-order valence-electron chi connectivity index (χ1n) is 11.2. The largest absolute Gasteiger partial charge is 0.366 e. The van der Waals surface area contributed by atoms with Gasteiger partial charge in [-0.2, -0.15) is 0 Å². The van der Waals surface area contributed by atoms with Crippen LogP contribution >= 0.6 is 11.6 Å². The molecule has 1 aliphatic rings. The molecule has 0 saturated heterocycles. The molecule has 0 spiro atoms. The lowest BCUT2D eigenvalue weighted by Crippen LogP contribution is -2.33. The molecular weight excluding hydrogens is 452 g/mol. The molecule has 1 amide bonds. The van der Waals surface area contributed by atoms with Gasteiger partial charge in [0, 0.05) is 36.2 Å². The lowest BCUT2D eigenvalue weighted by Gasteiger charge is -2.27. The van der Waals surface area contributed by atoms with Gasteiger partial charge in [0.25, 0.3) is 5.91 Å². The van der Waals surface area contributed by atoms with E-state index in [4.69, 9.17) is 22.4 Å². The van der Waals surface area contributed by atoms with E-state index in [-0.39, 0.29) is 23.7 Å². The number of para-hydroxylation sites is 1. The molecule has 0 bridgehead atoms. The summed E-state index contributed by atoms with van der Waals surface area (Å²) in [6.45, 7) is 0. The molecule has 4 aromatic rings. The van der Waals surface area contributed by atoms with Crippen LogP contribution in [0.5, 0.6) is 0 Å². The fourth-order valence-corrected chi connectivity index (χ4v) is 4.26. The number of hydrogen-bond donors (Lipinski definition) is 4. The standard InChI is InChI=1S/C24H25ClN8O/c25-18-13-27-11-10-19(18)31-24(34)21-14-28-23-20(29-16-4-2-1-3-5-16)12-22(32-33(21)23)30-17-8-6-15(26)7-9-17/h1-5,10-15,17,29H,6-9,26H2,(H,30,32)(H,27,31,34)/t15-,17-. The highest BCUT2D eigenvalue weighted by atomic mass is 35.5. The van der Waals surface area contributed by atoms with Crippen molar-refractivity contribution in [3.63, 3.8) is 0 Å². The van der Waals surface area contributed by atoms with Crippen LogP contribution in [0.25, 0.3) is 5.65 Å². The molecule has 5 N–H and O–H groups in total. The Hall–Kier alpha value is -3.69. The number of pyridine rings is 1. The zero-order valence-corrected chi connectivity index (χ0v) is 19.2. The molecule has 1 aliphatic carbocycles. The van der Waals surface area contributed by atoms with Gasteiger partial charge in [0.05, 0.1) is 22.6 Å². The Bertz CT molecular complexity index is 1300. The number of carbonyl (C=O) groups is 1. The van der Waals surface area contributed by atoms with Crippen molar-refractivity contribution in [2.24, 2.45) is 5.73 Å². The Labute approximate surface area is 201 Å². The molecule has 0 radical (unpaired) electrons. The molecule has 3 aromatic heterocycles. The molecule has 34 heavy (non-hydrogen) atoms. The molecule has 0 unspecified atom stereocenters. The summed E-state index contributed by atoms with van der Waals surface area (Å²) in [6, 6.07) is 13.9. The van der Waals surface area contributed by atoms with Crippen LogP contribution in [0.15, 0.2) is 61.1 Å². The average Bonchev–Trinajstić information content (AvgIpc) is 3.27. The van der Waals surface area contributed by atoms with Gasteiger partial charge in [-0.05, 0) is 43.9 Å².